The predicted octanol–water partition coefficient (Wildman–Crippen LogP) is 1.56. The zero-order chi connectivity index (χ0) is 11.4. The highest BCUT2D eigenvalue weighted by molar-refractivity contribution is 5.91. The molecule has 0 aliphatic heterocycles. The highest BCUT2D eigenvalue weighted by Crippen LogP contribution is 2.07. The maximum absolute atomic E-state index is 11.6. The Morgan fingerprint density at radius 3 is 3.06 bits per heavy atom. The van der Waals surface area contributed by atoms with Crippen LogP contribution < -0.4 is 5.32 Å². The first-order valence-corrected chi connectivity index (χ1v) is 4.86. The summed E-state index contributed by atoms with van der Waals surface area (Å²) in [6, 6.07) is 5.31. The quantitative estimate of drug-likeness (QED) is 0.847. The molecule has 2 aromatic rings. The van der Waals surface area contributed by atoms with Gasteiger partial charge in [-0.1, -0.05) is 11.2 Å². The van der Waals surface area contributed by atoms with Crippen molar-refractivity contribution in [2.24, 2.45) is 0 Å². The molecular weight excluding hydrogens is 206 g/mol. The molecule has 0 spiro atoms. The molecule has 0 aliphatic rings. The van der Waals surface area contributed by atoms with E-state index in [0.717, 1.165) is 5.56 Å². The van der Waals surface area contributed by atoms with E-state index in [1.807, 2.05) is 6.07 Å². The number of aromatic nitrogens is 2. The van der Waals surface area contributed by atoms with Gasteiger partial charge < -0.3 is 9.84 Å². The maximum Gasteiger partial charge on any atom is 0.230 e. The van der Waals surface area contributed by atoms with E-state index in [0.29, 0.717) is 11.6 Å². The fraction of sp³-hybridized carbons (Fsp3) is 0.182. The second-order valence-electron chi connectivity index (χ2n) is 3.41. The number of nitrogens with zero attached hydrogens (tertiary/aromatic N) is 2. The highest BCUT2D eigenvalue weighted by Gasteiger charge is 2.06. The van der Waals surface area contributed by atoms with E-state index in [2.05, 4.69) is 15.5 Å². The number of aryl methyl sites for hydroxylation is 1. The van der Waals surface area contributed by atoms with Crippen LogP contribution in [-0.4, -0.2) is 16.0 Å². The summed E-state index contributed by atoms with van der Waals surface area (Å²) in [7, 11) is 0. The third-order valence-corrected chi connectivity index (χ3v) is 1.98. The van der Waals surface area contributed by atoms with Crippen LogP contribution in [0.15, 0.2) is 35.1 Å². The average Bonchev–Trinajstić information content (AvgIpc) is 2.65. The number of amides is 1. The third-order valence-electron chi connectivity index (χ3n) is 1.98. The minimum absolute atomic E-state index is 0.138. The number of rotatable bonds is 3. The SMILES string of the molecule is Cc1cc(NC(=O)Cc2cccnc2)no1. The molecule has 5 heteroatoms. The van der Waals surface area contributed by atoms with Crippen LogP contribution in [0.25, 0.3) is 0 Å². The van der Waals surface area contributed by atoms with Crippen LogP contribution in [0.2, 0.25) is 0 Å². The summed E-state index contributed by atoms with van der Waals surface area (Å²) in [4.78, 5) is 15.5. The van der Waals surface area contributed by atoms with Crippen molar-refractivity contribution in [1.29, 1.82) is 0 Å². The van der Waals surface area contributed by atoms with E-state index in [1.165, 1.54) is 0 Å². The summed E-state index contributed by atoms with van der Waals surface area (Å²) in [6.45, 7) is 1.77. The van der Waals surface area contributed by atoms with Gasteiger partial charge in [0.1, 0.15) is 5.76 Å². The Hall–Kier alpha value is -2.17. The number of nitrogens with one attached hydrogen (secondary N) is 1. The first-order valence-electron chi connectivity index (χ1n) is 4.86. The highest BCUT2D eigenvalue weighted by atomic mass is 16.5. The van der Waals surface area contributed by atoms with Crippen LogP contribution in [0.1, 0.15) is 11.3 Å². The Morgan fingerprint density at radius 2 is 2.44 bits per heavy atom. The van der Waals surface area contributed by atoms with Crippen LogP contribution in [0.5, 0.6) is 0 Å². The van der Waals surface area contributed by atoms with E-state index in [9.17, 15) is 4.79 Å². The average molecular weight is 217 g/mol. The van der Waals surface area contributed by atoms with Crippen molar-refractivity contribution in [2.45, 2.75) is 13.3 Å². The van der Waals surface area contributed by atoms with Crippen LogP contribution in [0.4, 0.5) is 5.82 Å². The van der Waals surface area contributed by atoms with Gasteiger partial charge in [0.2, 0.25) is 5.91 Å². The van der Waals surface area contributed by atoms with Gasteiger partial charge in [-0.3, -0.25) is 9.78 Å². The van der Waals surface area contributed by atoms with Crippen molar-refractivity contribution < 1.29 is 9.32 Å². The molecule has 82 valence electrons. The largest absolute Gasteiger partial charge is 0.360 e. The van der Waals surface area contributed by atoms with Crippen molar-refractivity contribution in [2.75, 3.05) is 5.32 Å². The van der Waals surface area contributed by atoms with Crippen LogP contribution >= 0.6 is 0 Å². The zero-order valence-corrected chi connectivity index (χ0v) is 8.80. The molecule has 0 fully saturated rings. The van der Waals surface area contributed by atoms with Crippen LogP contribution in [0, 0.1) is 6.92 Å². The number of carbonyl (C=O) groups excluding carboxylic acids is 1. The number of anilines is 1. The second kappa shape index (κ2) is 4.57. The monoisotopic (exact) mass is 217 g/mol. The molecule has 1 N–H and O–H groups in total. The number of hydrogen-bond donors (Lipinski definition) is 1. The Kier molecular flexibility index (Phi) is 2.95. The van der Waals surface area contributed by atoms with Gasteiger partial charge in [-0.05, 0) is 18.6 Å². The fourth-order valence-corrected chi connectivity index (χ4v) is 1.30. The lowest BCUT2D eigenvalue weighted by atomic mass is 10.2. The number of hydrogen-bond acceptors (Lipinski definition) is 4. The molecule has 0 saturated carbocycles. The van der Waals surface area contributed by atoms with Gasteiger partial charge in [0.05, 0.1) is 6.42 Å². The summed E-state index contributed by atoms with van der Waals surface area (Å²) < 4.78 is 4.84. The predicted molar refractivity (Wildman–Crippen MR) is 57.8 cm³/mol. The number of carbonyl (C=O) groups is 1. The van der Waals surface area contributed by atoms with E-state index in [-0.39, 0.29) is 12.3 Å². The molecule has 0 aliphatic carbocycles. The minimum Gasteiger partial charge on any atom is -0.360 e. The van der Waals surface area contributed by atoms with Gasteiger partial charge in [-0.2, -0.15) is 0 Å². The molecule has 16 heavy (non-hydrogen) atoms. The van der Waals surface area contributed by atoms with E-state index in [4.69, 9.17) is 4.52 Å². The Bertz CT molecular complexity index is 479. The maximum atomic E-state index is 11.6. The Labute approximate surface area is 92.5 Å². The second-order valence-corrected chi connectivity index (χ2v) is 3.41. The van der Waals surface area contributed by atoms with Crippen LogP contribution in [0.3, 0.4) is 0 Å². The molecule has 2 rings (SSSR count). The van der Waals surface area contributed by atoms with Crippen molar-refractivity contribution >= 4 is 11.7 Å². The van der Waals surface area contributed by atoms with Gasteiger partial charge >= 0.3 is 0 Å². The number of pyridine rings is 1. The molecule has 0 unspecified atom stereocenters. The first kappa shape index (κ1) is 10.4. The van der Waals surface area contributed by atoms with Gasteiger partial charge in [0, 0.05) is 18.5 Å². The van der Waals surface area contributed by atoms with Crippen molar-refractivity contribution in [1.82, 2.24) is 10.1 Å². The standard InChI is InChI=1S/C11H11N3O2/c1-8-5-10(14-16-8)13-11(15)6-9-3-2-4-12-7-9/h2-5,7H,6H2,1H3,(H,13,14,15). The Balaban J connectivity index is 1.95. The molecule has 5 nitrogen and oxygen atoms in total. The van der Waals surface area contributed by atoms with Gasteiger partial charge in [0.25, 0.3) is 0 Å². The minimum atomic E-state index is -0.138. The molecule has 0 saturated heterocycles. The summed E-state index contributed by atoms with van der Waals surface area (Å²) in [5.41, 5.74) is 0.861. The molecule has 1 amide bonds. The van der Waals surface area contributed by atoms with Crippen LogP contribution in [-0.2, 0) is 11.2 Å². The molecule has 2 aromatic heterocycles. The van der Waals surface area contributed by atoms with E-state index >= 15 is 0 Å². The summed E-state index contributed by atoms with van der Waals surface area (Å²) in [5, 5.41) is 6.31. The topological polar surface area (TPSA) is 68.0 Å². The lowest BCUT2D eigenvalue weighted by molar-refractivity contribution is -0.115. The van der Waals surface area contributed by atoms with E-state index in [1.54, 1.807) is 31.5 Å². The summed E-state index contributed by atoms with van der Waals surface area (Å²) >= 11 is 0. The molecule has 2 heterocycles. The normalized spacial score (nSPS) is 10.1. The zero-order valence-electron chi connectivity index (χ0n) is 8.80. The lowest BCUT2D eigenvalue weighted by Gasteiger charge is -2.00. The summed E-state index contributed by atoms with van der Waals surface area (Å²) in [5.74, 6) is 0.962. The van der Waals surface area contributed by atoms with Crippen molar-refractivity contribution in [3.8, 4) is 0 Å². The van der Waals surface area contributed by atoms with Gasteiger partial charge in [-0.25, -0.2) is 0 Å². The molecule has 0 atom stereocenters. The van der Waals surface area contributed by atoms with E-state index < -0.39 is 0 Å². The molecule has 0 radical (unpaired) electrons. The van der Waals surface area contributed by atoms with Crippen molar-refractivity contribution in [3.63, 3.8) is 0 Å². The molecular formula is C11H11N3O2. The van der Waals surface area contributed by atoms with Crippen molar-refractivity contribution in [3.05, 3.63) is 41.9 Å². The smallest absolute Gasteiger partial charge is 0.230 e. The van der Waals surface area contributed by atoms with Gasteiger partial charge in [0.15, 0.2) is 5.82 Å². The fourth-order valence-electron chi connectivity index (χ4n) is 1.30. The first-order chi connectivity index (χ1) is 7.74. The lowest BCUT2D eigenvalue weighted by Crippen LogP contribution is -2.14. The Morgan fingerprint density at radius 1 is 1.56 bits per heavy atom. The van der Waals surface area contributed by atoms with Gasteiger partial charge in [-0.15, -0.1) is 0 Å². The summed E-state index contributed by atoms with van der Waals surface area (Å²) in [6.07, 6.45) is 3.61. The molecule has 0 aromatic carbocycles. The third kappa shape index (κ3) is 2.66. The molecule has 0 bridgehead atoms.